The first kappa shape index (κ1) is 8.91. The summed E-state index contributed by atoms with van der Waals surface area (Å²) < 4.78 is 23.5. The van der Waals surface area contributed by atoms with E-state index in [1.165, 1.54) is 6.42 Å². The average molecular weight is 189 g/mol. The zero-order valence-electron chi connectivity index (χ0n) is 7.30. The minimum atomic E-state index is -2.43. The zero-order valence-corrected chi connectivity index (χ0v) is 7.30. The Hall–Kier alpha value is -0.670. The van der Waals surface area contributed by atoms with Gasteiger partial charge in [0.25, 0.3) is 6.43 Å². The molecule has 2 atom stereocenters. The first-order chi connectivity index (χ1) is 6.16. The van der Waals surface area contributed by atoms with Crippen molar-refractivity contribution in [2.45, 2.75) is 25.7 Å². The minimum Gasteiger partial charge on any atom is -0.350 e. The number of amides is 1. The third-order valence-electron chi connectivity index (χ3n) is 3.04. The number of nitrogens with one attached hydrogen (secondary N) is 1. The molecule has 0 radical (unpaired) electrons. The standard InChI is InChI=1S/C9H13F2NO/c10-8(11)4-12-9(13)7-2-5-1-6(5)3-7/h5-8H,1-4H2,(H,12,13). The number of carbonyl (C=O) groups is 1. The molecule has 1 N–H and O–H groups in total. The highest BCUT2D eigenvalue weighted by molar-refractivity contribution is 5.79. The lowest BCUT2D eigenvalue weighted by Gasteiger charge is -2.11. The molecule has 0 heterocycles. The Morgan fingerprint density at radius 1 is 1.31 bits per heavy atom. The lowest BCUT2D eigenvalue weighted by molar-refractivity contribution is -0.125. The van der Waals surface area contributed by atoms with Gasteiger partial charge in [0.15, 0.2) is 0 Å². The molecule has 0 aromatic carbocycles. The highest BCUT2D eigenvalue weighted by Crippen LogP contribution is 2.54. The van der Waals surface area contributed by atoms with Crippen molar-refractivity contribution < 1.29 is 13.6 Å². The second-order valence-corrected chi connectivity index (χ2v) is 4.06. The van der Waals surface area contributed by atoms with Gasteiger partial charge in [-0.05, 0) is 31.1 Å². The van der Waals surface area contributed by atoms with Gasteiger partial charge in [-0.15, -0.1) is 0 Å². The van der Waals surface area contributed by atoms with Gasteiger partial charge in [-0.25, -0.2) is 8.78 Å². The summed E-state index contributed by atoms with van der Waals surface area (Å²) in [5, 5.41) is 2.28. The lowest BCUT2D eigenvalue weighted by Crippen LogP contribution is -2.33. The molecule has 0 spiro atoms. The van der Waals surface area contributed by atoms with E-state index >= 15 is 0 Å². The molecule has 2 saturated carbocycles. The van der Waals surface area contributed by atoms with Crippen LogP contribution < -0.4 is 5.32 Å². The molecular weight excluding hydrogens is 176 g/mol. The zero-order chi connectivity index (χ0) is 9.42. The van der Waals surface area contributed by atoms with Crippen LogP contribution in [-0.4, -0.2) is 18.9 Å². The van der Waals surface area contributed by atoms with Gasteiger partial charge in [0, 0.05) is 5.92 Å². The maximum absolute atomic E-state index is 11.8. The number of hydrogen-bond donors (Lipinski definition) is 1. The summed E-state index contributed by atoms with van der Waals surface area (Å²) in [6.45, 7) is -0.495. The van der Waals surface area contributed by atoms with Gasteiger partial charge < -0.3 is 5.32 Å². The molecule has 0 aliphatic heterocycles. The molecule has 0 bridgehead atoms. The van der Waals surface area contributed by atoms with E-state index in [1.807, 2.05) is 0 Å². The molecule has 2 rings (SSSR count). The van der Waals surface area contributed by atoms with Crippen LogP contribution in [0.3, 0.4) is 0 Å². The van der Waals surface area contributed by atoms with E-state index in [2.05, 4.69) is 5.32 Å². The van der Waals surface area contributed by atoms with Crippen molar-refractivity contribution in [1.82, 2.24) is 5.32 Å². The Bertz CT molecular complexity index is 210. The van der Waals surface area contributed by atoms with Gasteiger partial charge in [0.2, 0.25) is 5.91 Å². The Morgan fingerprint density at radius 3 is 2.46 bits per heavy atom. The summed E-state index contributed by atoms with van der Waals surface area (Å²) in [6, 6.07) is 0. The molecule has 2 unspecified atom stereocenters. The fourth-order valence-electron chi connectivity index (χ4n) is 2.25. The van der Waals surface area contributed by atoms with Gasteiger partial charge >= 0.3 is 0 Å². The number of carbonyl (C=O) groups excluding carboxylic acids is 1. The molecule has 4 heteroatoms. The maximum atomic E-state index is 11.8. The van der Waals surface area contributed by atoms with Crippen LogP contribution in [0.4, 0.5) is 8.78 Å². The van der Waals surface area contributed by atoms with Crippen molar-refractivity contribution in [1.29, 1.82) is 0 Å². The van der Waals surface area contributed by atoms with Crippen molar-refractivity contribution in [3.8, 4) is 0 Å². The highest BCUT2D eigenvalue weighted by Gasteiger charge is 2.47. The summed E-state index contributed by atoms with van der Waals surface area (Å²) in [5.74, 6) is 1.29. The van der Waals surface area contributed by atoms with Crippen LogP contribution >= 0.6 is 0 Å². The van der Waals surface area contributed by atoms with Gasteiger partial charge in [0.05, 0.1) is 6.54 Å². The topological polar surface area (TPSA) is 29.1 Å². The maximum Gasteiger partial charge on any atom is 0.255 e. The third kappa shape index (κ3) is 1.98. The Morgan fingerprint density at radius 2 is 1.92 bits per heavy atom. The SMILES string of the molecule is O=C(NCC(F)F)C1CC2CC2C1. The molecule has 0 aromatic rings. The van der Waals surface area contributed by atoms with E-state index in [0.717, 1.165) is 24.7 Å². The van der Waals surface area contributed by atoms with Crippen LogP contribution in [0, 0.1) is 17.8 Å². The predicted molar refractivity (Wildman–Crippen MR) is 43.3 cm³/mol. The molecule has 74 valence electrons. The van der Waals surface area contributed by atoms with Crippen LogP contribution in [0.25, 0.3) is 0 Å². The molecule has 0 saturated heterocycles. The summed E-state index contributed by atoms with van der Waals surface area (Å²) in [6.07, 6.45) is 0.651. The van der Waals surface area contributed by atoms with Gasteiger partial charge in [-0.1, -0.05) is 0 Å². The Labute approximate surface area is 75.7 Å². The van der Waals surface area contributed by atoms with Crippen molar-refractivity contribution in [2.75, 3.05) is 6.54 Å². The summed E-state index contributed by atoms with van der Waals surface area (Å²) in [5.41, 5.74) is 0. The third-order valence-corrected chi connectivity index (χ3v) is 3.04. The van der Waals surface area contributed by atoms with Crippen molar-refractivity contribution in [2.24, 2.45) is 17.8 Å². The molecule has 13 heavy (non-hydrogen) atoms. The van der Waals surface area contributed by atoms with E-state index in [1.54, 1.807) is 0 Å². The minimum absolute atomic E-state index is 0.0162. The Balaban J connectivity index is 1.71. The normalized spacial score (nSPS) is 36.1. The lowest BCUT2D eigenvalue weighted by atomic mass is 10.0. The summed E-state index contributed by atoms with van der Waals surface area (Å²) in [7, 11) is 0. The molecule has 1 amide bonds. The first-order valence-electron chi connectivity index (χ1n) is 4.72. The largest absolute Gasteiger partial charge is 0.350 e. The van der Waals surface area contributed by atoms with E-state index in [0.29, 0.717) is 0 Å². The van der Waals surface area contributed by atoms with Crippen molar-refractivity contribution in [3.05, 3.63) is 0 Å². The van der Waals surface area contributed by atoms with Gasteiger partial charge in [-0.3, -0.25) is 4.79 Å². The fraction of sp³-hybridized carbons (Fsp3) is 0.889. The fourth-order valence-corrected chi connectivity index (χ4v) is 2.25. The molecule has 2 fully saturated rings. The van der Waals surface area contributed by atoms with Crippen LogP contribution in [0.2, 0.25) is 0 Å². The summed E-state index contributed by atoms with van der Waals surface area (Å²) >= 11 is 0. The van der Waals surface area contributed by atoms with Crippen LogP contribution in [0.1, 0.15) is 19.3 Å². The number of fused-ring (bicyclic) bond motifs is 1. The number of halogens is 2. The monoisotopic (exact) mass is 189 g/mol. The Kier molecular flexibility index (Phi) is 2.22. The van der Waals surface area contributed by atoms with E-state index < -0.39 is 13.0 Å². The van der Waals surface area contributed by atoms with Crippen LogP contribution in [0.15, 0.2) is 0 Å². The quantitative estimate of drug-likeness (QED) is 0.714. The molecule has 2 aliphatic rings. The van der Waals surface area contributed by atoms with E-state index in [-0.39, 0.29) is 11.8 Å². The molecule has 2 nitrogen and oxygen atoms in total. The van der Waals surface area contributed by atoms with Crippen molar-refractivity contribution >= 4 is 5.91 Å². The van der Waals surface area contributed by atoms with Crippen molar-refractivity contribution in [3.63, 3.8) is 0 Å². The summed E-state index contributed by atoms with van der Waals surface area (Å²) in [4.78, 5) is 11.3. The van der Waals surface area contributed by atoms with Crippen LogP contribution in [-0.2, 0) is 4.79 Å². The predicted octanol–water partition coefficient (Wildman–Crippen LogP) is 1.41. The van der Waals surface area contributed by atoms with Crippen LogP contribution in [0.5, 0.6) is 0 Å². The van der Waals surface area contributed by atoms with Gasteiger partial charge in [-0.2, -0.15) is 0 Å². The number of hydrogen-bond acceptors (Lipinski definition) is 1. The highest BCUT2D eigenvalue weighted by atomic mass is 19.3. The smallest absolute Gasteiger partial charge is 0.255 e. The first-order valence-corrected chi connectivity index (χ1v) is 4.72. The molecule has 0 aromatic heterocycles. The van der Waals surface area contributed by atoms with Gasteiger partial charge in [0.1, 0.15) is 0 Å². The van der Waals surface area contributed by atoms with E-state index in [9.17, 15) is 13.6 Å². The number of rotatable bonds is 3. The second-order valence-electron chi connectivity index (χ2n) is 4.06. The van der Waals surface area contributed by atoms with E-state index in [4.69, 9.17) is 0 Å². The molecule has 2 aliphatic carbocycles. The number of alkyl halides is 2. The average Bonchev–Trinajstić information content (AvgIpc) is 2.69. The second kappa shape index (κ2) is 3.24. The molecular formula is C9H13F2NO.